The molecule has 1 saturated carbocycles. The third kappa shape index (κ3) is 2.20. The fourth-order valence-electron chi connectivity index (χ4n) is 3.59. The fourth-order valence-corrected chi connectivity index (χ4v) is 3.59. The van der Waals surface area contributed by atoms with E-state index in [0.717, 1.165) is 5.92 Å². The van der Waals surface area contributed by atoms with E-state index < -0.39 is 0 Å². The van der Waals surface area contributed by atoms with Crippen molar-refractivity contribution >= 4 is 0 Å². The first-order valence-corrected chi connectivity index (χ1v) is 5.61. The van der Waals surface area contributed by atoms with E-state index in [2.05, 4.69) is 34.6 Å². The Morgan fingerprint density at radius 1 is 1.21 bits per heavy atom. The van der Waals surface area contributed by atoms with Gasteiger partial charge in [0.05, 0.1) is 6.61 Å². The molecule has 0 atom stereocenters. The van der Waals surface area contributed by atoms with Gasteiger partial charge in [-0.3, -0.25) is 0 Å². The molecule has 14 heavy (non-hydrogen) atoms. The number of aliphatic hydroxyl groups excluding tert-OH is 1. The first kappa shape index (κ1) is 11.8. The summed E-state index contributed by atoms with van der Waals surface area (Å²) in [6, 6.07) is 0. The Kier molecular flexibility index (Phi) is 3.10. The summed E-state index contributed by atoms with van der Waals surface area (Å²) >= 11 is 0. The van der Waals surface area contributed by atoms with E-state index in [0.29, 0.717) is 0 Å². The topological polar surface area (TPSA) is 20.2 Å². The SMILES string of the molecule is CC1CC(C)(C)C(=CCO)C(C)(C)C1. The van der Waals surface area contributed by atoms with Crippen molar-refractivity contribution < 1.29 is 5.11 Å². The molecule has 0 amide bonds. The summed E-state index contributed by atoms with van der Waals surface area (Å²) < 4.78 is 0. The van der Waals surface area contributed by atoms with Crippen LogP contribution >= 0.6 is 0 Å². The zero-order valence-electron chi connectivity index (χ0n) is 10.2. The van der Waals surface area contributed by atoms with Crippen LogP contribution in [0.5, 0.6) is 0 Å². The van der Waals surface area contributed by atoms with Crippen molar-refractivity contribution in [2.75, 3.05) is 6.61 Å². The molecule has 1 rings (SSSR count). The average molecular weight is 196 g/mol. The normalized spacial score (nSPS) is 30.1. The predicted molar refractivity (Wildman–Crippen MR) is 61.1 cm³/mol. The molecule has 1 heteroatoms. The minimum Gasteiger partial charge on any atom is -0.392 e. The van der Waals surface area contributed by atoms with Crippen LogP contribution < -0.4 is 0 Å². The molecule has 82 valence electrons. The Labute approximate surface area is 88.2 Å². The van der Waals surface area contributed by atoms with E-state index in [9.17, 15) is 0 Å². The van der Waals surface area contributed by atoms with Crippen LogP contribution in [0.25, 0.3) is 0 Å². The van der Waals surface area contributed by atoms with Gasteiger partial charge in [0.25, 0.3) is 0 Å². The number of hydrogen-bond donors (Lipinski definition) is 1. The maximum absolute atomic E-state index is 9.07. The van der Waals surface area contributed by atoms with Gasteiger partial charge >= 0.3 is 0 Å². The highest BCUT2D eigenvalue weighted by atomic mass is 16.2. The maximum atomic E-state index is 9.07. The quantitative estimate of drug-likeness (QED) is 0.637. The lowest BCUT2D eigenvalue weighted by Crippen LogP contribution is -2.36. The second-order valence-electron chi connectivity index (χ2n) is 6.08. The van der Waals surface area contributed by atoms with Gasteiger partial charge in [0.15, 0.2) is 0 Å². The number of aliphatic hydroxyl groups is 1. The van der Waals surface area contributed by atoms with Crippen LogP contribution in [0.1, 0.15) is 47.5 Å². The fraction of sp³-hybridized carbons (Fsp3) is 0.846. The standard InChI is InChI=1S/C13H24O/c1-10-8-12(2,3)11(6-7-14)13(4,5)9-10/h6,10,14H,7-9H2,1-5H3. The van der Waals surface area contributed by atoms with Gasteiger partial charge in [-0.05, 0) is 29.6 Å². The van der Waals surface area contributed by atoms with Crippen molar-refractivity contribution in [3.63, 3.8) is 0 Å². The molecule has 0 aromatic carbocycles. The van der Waals surface area contributed by atoms with E-state index in [-0.39, 0.29) is 17.4 Å². The molecule has 0 heterocycles. The molecule has 0 radical (unpaired) electrons. The number of allylic oxidation sites excluding steroid dienone is 1. The summed E-state index contributed by atoms with van der Waals surface area (Å²) in [5.41, 5.74) is 1.94. The summed E-state index contributed by atoms with van der Waals surface area (Å²) in [6.07, 6.45) is 4.50. The summed E-state index contributed by atoms with van der Waals surface area (Å²) in [6.45, 7) is 11.7. The Balaban J connectivity index is 3.03. The molecule has 1 fully saturated rings. The summed E-state index contributed by atoms with van der Waals surface area (Å²) in [5, 5.41) is 9.07. The summed E-state index contributed by atoms with van der Waals surface area (Å²) in [5.74, 6) is 0.788. The van der Waals surface area contributed by atoms with Crippen molar-refractivity contribution in [1.29, 1.82) is 0 Å². The smallest absolute Gasteiger partial charge is 0.0615 e. The third-order valence-corrected chi connectivity index (χ3v) is 3.47. The van der Waals surface area contributed by atoms with Crippen LogP contribution in [-0.2, 0) is 0 Å². The van der Waals surface area contributed by atoms with E-state index in [4.69, 9.17) is 5.11 Å². The van der Waals surface area contributed by atoms with Gasteiger partial charge in [0.1, 0.15) is 0 Å². The van der Waals surface area contributed by atoms with Gasteiger partial charge in [-0.15, -0.1) is 0 Å². The van der Waals surface area contributed by atoms with Crippen LogP contribution in [0.2, 0.25) is 0 Å². The predicted octanol–water partition coefficient (Wildman–Crippen LogP) is 3.39. The molecule has 0 spiro atoms. The lowest BCUT2D eigenvalue weighted by molar-refractivity contribution is 0.158. The number of rotatable bonds is 1. The van der Waals surface area contributed by atoms with Gasteiger partial charge in [0.2, 0.25) is 0 Å². The maximum Gasteiger partial charge on any atom is 0.0615 e. The van der Waals surface area contributed by atoms with Crippen LogP contribution in [0.4, 0.5) is 0 Å². The molecule has 0 bridgehead atoms. The van der Waals surface area contributed by atoms with E-state index in [1.165, 1.54) is 18.4 Å². The summed E-state index contributed by atoms with van der Waals surface area (Å²) in [7, 11) is 0. The molecule has 0 aromatic heterocycles. The monoisotopic (exact) mass is 196 g/mol. The molecule has 0 unspecified atom stereocenters. The van der Waals surface area contributed by atoms with Crippen molar-refractivity contribution in [3.05, 3.63) is 11.6 Å². The average Bonchev–Trinajstić information content (AvgIpc) is 1.94. The van der Waals surface area contributed by atoms with Gasteiger partial charge < -0.3 is 5.11 Å². The molecule has 0 aliphatic heterocycles. The second kappa shape index (κ2) is 3.69. The molecule has 0 aromatic rings. The second-order valence-corrected chi connectivity index (χ2v) is 6.08. The molecule has 1 nitrogen and oxygen atoms in total. The summed E-state index contributed by atoms with van der Waals surface area (Å²) in [4.78, 5) is 0. The van der Waals surface area contributed by atoms with Gasteiger partial charge in [-0.2, -0.15) is 0 Å². The van der Waals surface area contributed by atoms with E-state index in [1.807, 2.05) is 6.08 Å². The van der Waals surface area contributed by atoms with Crippen LogP contribution in [0, 0.1) is 16.7 Å². The minimum absolute atomic E-state index is 0.177. The zero-order valence-corrected chi connectivity index (χ0v) is 10.2. The van der Waals surface area contributed by atoms with Crippen molar-refractivity contribution in [1.82, 2.24) is 0 Å². The molecular formula is C13H24O. The highest BCUT2D eigenvalue weighted by molar-refractivity contribution is 5.23. The molecular weight excluding hydrogens is 172 g/mol. The molecule has 1 N–H and O–H groups in total. The van der Waals surface area contributed by atoms with Gasteiger partial charge in [0, 0.05) is 0 Å². The largest absolute Gasteiger partial charge is 0.392 e. The zero-order chi connectivity index (χ0) is 11.0. The Hall–Kier alpha value is -0.300. The van der Waals surface area contributed by atoms with Crippen molar-refractivity contribution in [2.24, 2.45) is 16.7 Å². The van der Waals surface area contributed by atoms with Crippen LogP contribution in [-0.4, -0.2) is 11.7 Å². The molecule has 1 aliphatic carbocycles. The van der Waals surface area contributed by atoms with Gasteiger partial charge in [-0.25, -0.2) is 0 Å². The molecule has 0 saturated heterocycles. The molecule has 1 aliphatic rings. The van der Waals surface area contributed by atoms with Crippen LogP contribution in [0.3, 0.4) is 0 Å². The highest BCUT2D eigenvalue weighted by Gasteiger charge is 2.40. The Morgan fingerprint density at radius 3 is 2.00 bits per heavy atom. The Bertz CT molecular complexity index is 216. The first-order valence-electron chi connectivity index (χ1n) is 5.61. The van der Waals surface area contributed by atoms with E-state index in [1.54, 1.807) is 0 Å². The van der Waals surface area contributed by atoms with Crippen molar-refractivity contribution in [2.45, 2.75) is 47.5 Å². The van der Waals surface area contributed by atoms with Crippen molar-refractivity contribution in [3.8, 4) is 0 Å². The lowest BCUT2D eigenvalue weighted by Gasteiger charge is -2.47. The number of hydrogen-bond acceptors (Lipinski definition) is 1. The minimum atomic E-state index is 0.177. The lowest BCUT2D eigenvalue weighted by atomic mass is 9.58. The first-order chi connectivity index (χ1) is 6.29. The van der Waals surface area contributed by atoms with Crippen LogP contribution in [0.15, 0.2) is 11.6 Å². The highest BCUT2D eigenvalue weighted by Crippen LogP contribution is 2.52. The van der Waals surface area contributed by atoms with E-state index >= 15 is 0 Å². The van der Waals surface area contributed by atoms with Gasteiger partial charge in [-0.1, -0.05) is 46.3 Å². The third-order valence-electron chi connectivity index (χ3n) is 3.47. The Morgan fingerprint density at radius 2 is 1.64 bits per heavy atom.